The lowest BCUT2D eigenvalue weighted by Crippen LogP contribution is -2.27. The molecule has 1 N–H and O–H groups in total. The predicted molar refractivity (Wildman–Crippen MR) is 73.7 cm³/mol. The molecule has 0 saturated heterocycles. The fourth-order valence-corrected chi connectivity index (χ4v) is 1.85. The van der Waals surface area contributed by atoms with Crippen molar-refractivity contribution in [3.05, 3.63) is 29.3 Å². The Morgan fingerprint density at radius 1 is 1.42 bits per heavy atom. The Hall–Kier alpha value is -1.55. The summed E-state index contributed by atoms with van der Waals surface area (Å²) in [4.78, 5) is 11.2. The number of hydrogen-bond donors (Lipinski definition) is 1. The van der Waals surface area contributed by atoms with Crippen LogP contribution in [0.4, 0.5) is 0 Å². The van der Waals surface area contributed by atoms with Crippen molar-refractivity contribution in [2.45, 2.75) is 39.2 Å². The van der Waals surface area contributed by atoms with Gasteiger partial charge in [0, 0.05) is 13.0 Å². The lowest BCUT2D eigenvalue weighted by Gasteiger charge is -2.16. The van der Waals surface area contributed by atoms with Crippen LogP contribution < -0.4 is 4.74 Å². The molecular formula is C15H22O4. The number of carboxylic acids is 1. The van der Waals surface area contributed by atoms with Gasteiger partial charge in [0.15, 0.2) is 6.10 Å². The summed E-state index contributed by atoms with van der Waals surface area (Å²) in [5, 5.41) is 9.20. The van der Waals surface area contributed by atoms with Gasteiger partial charge >= 0.3 is 5.97 Å². The number of aryl methyl sites for hydroxylation is 1. The number of benzene rings is 1. The highest BCUT2D eigenvalue weighted by atomic mass is 16.5. The van der Waals surface area contributed by atoms with Gasteiger partial charge in [0.05, 0.1) is 7.11 Å². The summed E-state index contributed by atoms with van der Waals surface area (Å²) in [5.41, 5.74) is 1.94. The normalized spacial score (nSPS) is 12.2. The molecule has 0 unspecified atom stereocenters. The zero-order valence-electron chi connectivity index (χ0n) is 11.8. The molecule has 0 saturated carbocycles. The van der Waals surface area contributed by atoms with Gasteiger partial charge < -0.3 is 14.6 Å². The van der Waals surface area contributed by atoms with Crippen molar-refractivity contribution in [3.8, 4) is 5.75 Å². The smallest absolute Gasteiger partial charge is 0.333 e. The highest BCUT2D eigenvalue weighted by Crippen LogP contribution is 2.22. The number of aliphatic carboxylic acids is 1. The quantitative estimate of drug-likeness (QED) is 0.735. The van der Waals surface area contributed by atoms with E-state index in [1.54, 1.807) is 7.11 Å². The van der Waals surface area contributed by atoms with Crippen molar-refractivity contribution in [1.82, 2.24) is 0 Å². The first-order valence-electron chi connectivity index (χ1n) is 6.56. The molecule has 1 atom stereocenters. The van der Waals surface area contributed by atoms with Crippen molar-refractivity contribution in [1.29, 1.82) is 0 Å². The minimum atomic E-state index is -0.931. The zero-order chi connectivity index (χ0) is 14.3. The summed E-state index contributed by atoms with van der Waals surface area (Å²) in [6.45, 7) is 4.49. The van der Waals surface area contributed by atoms with Crippen molar-refractivity contribution in [2.75, 3.05) is 13.7 Å². The van der Waals surface area contributed by atoms with Crippen LogP contribution >= 0.6 is 0 Å². The van der Waals surface area contributed by atoms with Crippen LogP contribution in [-0.4, -0.2) is 30.9 Å². The lowest BCUT2D eigenvalue weighted by molar-refractivity contribution is -0.150. The van der Waals surface area contributed by atoms with Crippen LogP contribution in [-0.2, 0) is 16.0 Å². The molecule has 1 aromatic rings. The molecule has 0 aliphatic heterocycles. The van der Waals surface area contributed by atoms with Gasteiger partial charge in [0.2, 0.25) is 0 Å². The zero-order valence-corrected chi connectivity index (χ0v) is 11.8. The highest BCUT2D eigenvalue weighted by molar-refractivity contribution is 5.73. The minimum Gasteiger partial charge on any atom is -0.496 e. The average Bonchev–Trinajstić information content (AvgIpc) is 2.38. The molecule has 0 heterocycles. The van der Waals surface area contributed by atoms with E-state index in [4.69, 9.17) is 9.47 Å². The molecule has 0 aromatic heterocycles. The van der Waals surface area contributed by atoms with Gasteiger partial charge in [-0.15, -0.1) is 0 Å². The first-order chi connectivity index (χ1) is 9.08. The average molecular weight is 266 g/mol. The number of ether oxygens (including phenoxy) is 2. The molecule has 4 heteroatoms. The van der Waals surface area contributed by atoms with Crippen molar-refractivity contribution < 1.29 is 19.4 Å². The molecule has 0 fully saturated rings. The van der Waals surface area contributed by atoms with Crippen molar-refractivity contribution in [2.24, 2.45) is 0 Å². The summed E-state index contributed by atoms with van der Waals surface area (Å²) in [7, 11) is 1.59. The Morgan fingerprint density at radius 3 is 2.74 bits per heavy atom. The van der Waals surface area contributed by atoms with Crippen LogP contribution in [0.1, 0.15) is 30.9 Å². The number of unbranched alkanes of at least 4 members (excludes halogenated alkanes) is 1. The van der Waals surface area contributed by atoms with Gasteiger partial charge in [-0.25, -0.2) is 4.79 Å². The second-order valence-corrected chi connectivity index (χ2v) is 4.57. The van der Waals surface area contributed by atoms with E-state index in [0.717, 1.165) is 24.0 Å². The van der Waals surface area contributed by atoms with Crippen LogP contribution in [0.3, 0.4) is 0 Å². The molecule has 0 bridgehead atoms. The Kier molecular flexibility index (Phi) is 6.36. The highest BCUT2D eigenvalue weighted by Gasteiger charge is 2.20. The predicted octanol–water partition coefficient (Wildman–Crippen LogP) is 2.82. The molecular weight excluding hydrogens is 244 g/mol. The minimum absolute atomic E-state index is 0.323. The number of carboxylic acid groups (broad SMARTS) is 1. The largest absolute Gasteiger partial charge is 0.496 e. The topological polar surface area (TPSA) is 55.8 Å². The maximum absolute atomic E-state index is 11.2. The first kappa shape index (κ1) is 15.5. The van der Waals surface area contributed by atoms with Crippen LogP contribution in [0, 0.1) is 6.92 Å². The number of carbonyl (C=O) groups is 1. The van der Waals surface area contributed by atoms with Crippen molar-refractivity contribution in [3.63, 3.8) is 0 Å². The molecule has 4 nitrogen and oxygen atoms in total. The Balaban J connectivity index is 2.77. The molecule has 0 aliphatic rings. The van der Waals surface area contributed by atoms with Gasteiger partial charge in [-0.2, -0.15) is 0 Å². The third kappa shape index (κ3) is 4.91. The number of hydrogen-bond acceptors (Lipinski definition) is 3. The number of rotatable bonds is 8. The van der Waals surface area contributed by atoms with Gasteiger partial charge in [-0.1, -0.05) is 31.0 Å². The Bertz CT molecular complexity index is 415. The van der Waals surface area contributed by atoms with E-state index in [-0.39, 0.29) is 0 Å². The fraction of sp³-hybridized carbons (Fsp3) is 0.533. The molecule has 0 spiro atoms. The second-order valence-electron chi connectivity index (χ2n) is 4.57. The SMILES string of the molecule is CCCCO[C@@H](Cc1cc(C)ccc1OC)C(=O)O. The molecule has 0 amide bonds. The molecule has 19 heavy (non-hydrogen) atoms. The van der Waals surface area contributed by atoms with Gasteiger partial charge in [0.25, 0.3) is 0 Å². The molecule has 0 aliphatic carbocycles. The molecule has 1 aromatic carbocycles. The molecule has 106 valence electrons. The van der Waals surface area contributed by atoms with E-state index in [9.17, 15) is 9.90 Å². The summed E-state index contributed by atoms with van der Waals surface area (Å²) in [6, 6.07) is 5.74. The summed E-state index contributed by atoms with van der Waals surface area (Å²) >= 11 is 0. The lowest BCUT2D eigenvalue weighted by atomic mass is 10.0. The summed E-state index contributed by atoms with van der Waals surface area (Å²) in [6.07, 6.45) is 1.36. The maximum atomic E-state index is 11.2. The number of methoxy groups -OCH3 is 1. The molecule has 1 rings (SSSR count). The first-order valence-corrected chi connectivity index (χ1v) is 6.56. The van der Waals surface area contributed by atoms with Crippen LogP contribution in [0.25, 0.3) is 0 Å². The third-order valence-corrected chi connectivity index (χ3v) is 2.93. The van der Waals surface area contributed by atoms with Crippen LogP contribution in [0.15, 0.2) is 18.2 Å². The monoisotopic (exact) mass is 266 g/mol. The standard InChI is InChI=1S/C15H22O4/c1-4-5-8-19-14(15(16)17)10-12-9-11(2)6-7-13(12)18-3/h6-7,9,14H,4-5,8,10H2,1-3H3,(H,16,17)/t14-/m0/s1. The Labute approximate surface area is 114 Å². The van der Waals surface area contributed by atoms with Gasteiger partial charge in [-0.3, -0.25) is 0 Å². The van der Waals surface area contributed by atoms with Crippen LogP contribution in [0.2, 0.25) is 0 Å². The van der Waals surface area contributed by atoms with E-state index in [2.05, 4.69) is 0 Å². The van der Waals surface area contributed by atoms with Crippen LogP contribution in [0.5, 0.6) is 5.75 Å². The third-order valence-electron chi connectivity index (χ3n) is 2.93. The summed E-state index contributed by atoms with van der Waals surface area (Å²) < 4.78 is 10.7. The molecule has 0 radical (unpaired) electrons. The van der Waals surface area contributed by atoms with Crippen molar-refractivity contribution >= 4 is 5.97 Å². The van der Waals surface area contributed by atoms with E-state index in [1.807, 2.05) is 32.0 Å². The van der Waals surface area contributed by atoms with E-state index < -0.39 is 12.1 Å². The summed E-state index contributed by atoms with van der Waals surface area (Å²) in [5.74, 6) is -0.226. The van der Waals surface area contributed by atoms with E-state index in [0.29, 0.717) is 18.8 Å². The van der Waals surface area contributed by atoms with Gasteiger partial charge in [-0.05, 0) is 25.0 Å². The Morgan fingerprint density at radius 2 is 2.16 bits per heavy atom. The van der Waals surface area contributed by atoms with Gasteiger partial charge in [0.1, 0.15) is 5.75 Å². The van der Waals surface area contributed by atoms with E-state index in [1.165, 1.54) is 0 Å². The second kappa shape index (κ2) is 7.79. The fourth-order valence-electron chi connectivity index (χ4n) is 1.85. The van der Waals surface area contributed by atoms with E-state index >= 15 is 0 Å². The maximum Gasteiger partial charge on any atom is 0.333 e.